The molecule has 7 nitrogen and oxygen atoms in total. The topological polar surface area (TPSA) is 85.8 Å². The number of allylic oxidation sites excluding steroid dienone is 1. The molecule has 0 aliphatic rings. The van der Waals surface area contributed by atoms with Crippen molar-refractivity contribution in [3.63, 3.8) is 0 Å². The smallest absolute Gasteiger partial charge is 0.274 e. The van der Waals surface area contributed by atoms with Crippen molar-refractivity contribution in [3.8, 4) is 11.4 Å². The highest BCUT2D eigenvalue weighted by atomic mass is 35.5. The lowest BCUT2D eigenvalue weighted by Gasteiger charge is -2.04. The summed E-state index contributed by atoms with van der Waals surface area (Å²) in [6.07, 6.45) is 7.93. The van der Waals surface area contributed by atoms with Gasteiger partial charge >= 0.3 is 0 Å². The van der Waals surface area contributed by atoms with Crippen LogP contribution in [0.2, 0.25) is 5.02 Å². The molecule has 29 heavy (non-hydrogen) atoms. The molecule has 0 spiro atoms. The normalized spacial score (nSPS) is 11.1. The Balaban J connectivity index is 1.63. The number of carbonyl (C=O) groups is 1. The molecule has 0 bridgehead atoms. The van der Waals surface area contributed by atoms with Gasteiger partial charge in [-0.15, -0.1) is 5.10 Å². The van der Waals surface area contributed by atoms with E-state index >= 15 is 0 Å². The van der Waals surface area contributed by atoms with Gasteiger partial charge in [0.25, 0.3) is 5.91 Å². The summed E-state index contributed by atoms with van der Waals surface area (Å²) in [6, 6.07) is 14.5. The number of anilines is 1. The van der Waals surface area contributed by atoms with Crippen molar-refractivity contribution >= 4 is 29.5 Å². The van der Waals surface area contributed by atoms with E-state index in [4.69, 9.17) is 16.0 Å². The zero-order valence-electron chi connectivity index (χ0n) is 15.2. The van der Waals surface area contributed by atoms with E-state index in [9.17, 15) is 4.79 Å². The number of pyridine rings is 1. The summed E-state index contributed by atoms with van der Waals surface area (Å²) < 4.78 is 6.53. The van der Waals surface area contributed by atoms with Gasteiger partial charge in [0.15, 0.2) is 5.82 Å². The van der Waals surface area contributed by atoms with Crippen LogP contribution in [0.5, 0.6) is 0 Å². The minimum absolute atomic E-state index is 0.300. The molecular formula is C21H16ClN5O2. The molecule has 0 atom stereocenters. The fraction of sp³-hybridized carbons (Fsp3) is 0.0476. The summed E-state index contributed by atoms with van der Waals surface area (Å²) in [5.74, 6) is 1.03. The van der Waals surface area contributed by atoms with Crippen molar-refractivity contribution in [1.29, 1.82) is 0 Å². The molecule has 0 unspecified atom stereocenters. The standard InChI is InChI=1S/C21H16ClN5O2/c22-18-8-2-1-5-15(18)9-10-19(28)27-21(24-14-17-7-4-12-29-17)25-20(26-27)16-6-3-11-23-13-16/h1-13H,14H2,(H,24,25,26). The molecule has 1 N–H and O–H groups in total. The minimum Gasteiger partial charge on any atom is -0.467 e. The Morgan fingerprint density at radius 2 is 2.07 bits per heavy atom. The molecule has 0 fully saturated rings. The number of halogens is 1. The second-order valence-electron chi connectivity index (χ2n) is 6.04. The van der Waals surface area contributed by atoms with Crippen LogP contribution in [-0.4, -0.2) is 25.7 Å². The maximum absolute atomic E-state index is 12.8. The average Bonchev–Trinajstić information content (AvgIpc) is 3.42. The molecule has 0 aliphatic carbocycles. The van der Waals surface area contributed by atoms with Crippen LogP contribution in [0.4, 0.5) is 5.95 Å². The summed E-state index contributed by atoms with van der Waals surface area (Å²) >= 11 is 6.15. The highest BCUT2D eigenvalue weighted by Gasteiger charge is 2.16. The fourth-order valence-electron chi connectivity index (χ4n) is 2.62. The molecular weight excluding hydrogens is 390 g/mol. The van der Waals surface area contributed by atoms with Gasteiger partial charge in [-0.1, -0.05) is 29.8 Å². The lowest BCUT2D eigenvalue weighted by Crippen LogP contribution is -2.14. The first kappa shape index (κ1) is 18.6. The molecule has 3 heterocycles. The Bertz CT molecular complexity index is 1140. The van der Waals surface area contributed by atoms with E-state index in [-0.39, 0.29) is 5.91 Å². The molecule has 3 aromatic heterocycles. The van der Waals surface area contributed by atoms with Gasteiger partial charge in [0, 0.05) is 29.1 Å². The quantitative estimate of drug-likeness (QED) is 0.473. The fourth-order valence-corrected chi connectivity index (χ4v) is 2.82. The van der Waals surface area contributed by atoms with Crippen molar-refractivity contribution in [2.45, 2.75) is 6.54 Å². The second-order valence-corrected chi connectivity index (χ2v) is 6.45. The predicted molar refractivity (Wildman–Crippen MR) is 110 cm³/mol. The van der Waals surface area contributed by atoms with E-state index in [1.54, 1.807) is 42.9 Å². The van der Waals surface area contributed by atoms with Crippen LogP contribution in [0, 0.1) is 0 Å². The van der Waals surface area contributed by atoms with Gasteiger partial charge in [0.05, 0.1) is 12.8 Å². The third-order valence-electron chi connectivity index (χ3n) is 4.05. The highest BCUT2D eigenvalue weighted by Crippen LogP contribution is 2.19. The molecule has 0 radical (unpaired) electrons. The molecule has 0 saturated heterocycles. The van der Waals surface area contributed by atoms with E-state index in [1.165, 1.54) is 10.8 Å². The molecule has 0 amide bonds. The lowest BCUT2D eigenvalue weighted by atomic mass is 10.2. The van der Waals surface area contributed by atoms with Crippen LogP contribution >= 0.6 is 11.6 Å². The van der Waals surface area contributed by atoms with E-state index < -0.39 is 0 Å². The van der Waals surface area contributed by atoms with Crippen molar-refractivity contribution < 1.29 is 9.21 Å². The largest absolute Gasteiger partial charge is 0.467 e. The van der Waals surface area contributed by atoms with E-state index in [1.807, 2.05) is 30.3 Å². The first-order valence-corrected chi connectivity index (χ1v) is 9.19. The number of aromatic nitrogens is 4. The molecule has 0 aliphatic heterocycles. The number of hydrogen-bond donors (Lipinski definition) is 1. The number of carbonyl (C=O) groups excluding carboxylic acids is 1. The molecule has 8 heteroatoms. The van der Waals surface area contributed by atoms with Gasteiger partial charge in [0.2, 0.25) is 5.95 Å². The van der Waals surface area contributed by atoms with Gasteiger partial charge in [-0.25, -0.2) is 0 Å². The zero-order chi connectivity index (χ0) is 20.1. The van der Waals surface area contributed by atoms with Crippen molar-refractivity contribution in [3.05, 3.63) is 89.6 Å². The number of nitrogens with one attached hydrogen (secondary N) is 1. The van der Waals surface area contributed by atoms with Crippen molar-refractivity contribution in [1.82, 2.24) is 19.7 Å². The minimum atomic E-state index is -0.366. The number of nitrogens with zero attached hydrogens (tertiary/aromatic N) is 4. The highest BCUT2D eigenvalue weighted by molar-refractivity contribution is 6.32. The van der Waals surface area contributed by atoms with Gasteiger partial charge in [-0.05, 0) is 42.0 Å². The van der Waals surface area contributed by atoms with Gasteiger partial charge in [-0.2, -0.15) is 9.67 Å². The Kier molecular flexibility index (Phi) is 5.49. The predicted octanol–water partition coefficient (Wildman–Crippen LogP) is 4.55. The Morgan fingerprint density at radius 3 is 2.83 bits per heavy atom. The van der Waals surface area contributed by atoms with Crippen LogP contribution in [0.1, 0.15) is 16.1 Å². The number of furan rings is 1. The maximum atomic E-state index is 12.8. The Morgan fingerprint density at radius 1 is 1.17 bits per heavy atom. The molecule has 4 rings (SSSR count). The molecule has 4 aromatic rings. The van der Waals surface area contributed by atoms with Crippen molar-refractivity contribution in [2.24, 2.45) is 0 Å². The van der Waals surface area contributed by atoms with Crippen LogP contribution in [0.3, 0.4) is 0 Å². The zero-order valence-corrected chi connectivity index (χ0v) is 16.0. The Labute approximate surface area is 171 Å². The third-order valence-corrected chi connectivity index (χ3v) is 4.39. The van der Waals surface area contributed by atoms with Crippen LogP contribution in [0.15, 0.2) is 77.7 Å². The first-order valence-electron chi connectivity index (χ1n) is 8.81. The van der Waals surface area contributed by atoms with Gasteiger partial charge in [-0.3, -0.25) is 9.78 Å². The lowest BCUT2D eigenvalue weighted by molar-refractivity contribution is 0.0957. The summed E-state index contributed by atoms with van der Waals surface area (Å²) in [4.78, 5) is 21.3. The monoisotopic (exact) mass is 405 g/mol. The van der Waals surface area contributed by atoms with E-state index in [2.05, 4.69) is 20.4 Å². The second kappa shape index (κ2) is 8.53. The van der Waals surface area contributed by atoms with Crippen LogP contribution in [0.25, 0.3) is 17.5 Å². The summed E-state index contributed by atoms with van der Waals surface area (Å²) in [6.45, 7) is 0.361. The SMILES string of the molecule is O=C(C=Cc1ccccc1Cl)n1nc(-c2cccnc2)nc1NCc1ccco1. The van der Waals surface area contributed by atoms with E-state index in [0.717, 1.165) is 5.56 Å². The molecule has 144 valence electrons. The summed E-state index contributed by atoms with van der Waals surface area (Å²) in [7, 11) is 0. The van der Waals surface area contributed by atoms with E-state index in [0.29, 0.717) is 34.7 Å². The molecule has 0 saturated carbocycles. The third kappa shape index (κ3) is 4.41. The average molecular weight is 406 g/mol. The Hall–Kier alpha value is -3.71. The molecule has 1 aromatic carbocycles. The number of hydrogen-bond acceptors (Lipinski definition) is 6. The maximum Gasteiger partial charge on any atom is 0.274 e. The summed E-state index contributed by atoms with van der Waals surface area (Å²) in [5.41, 5.74) is 1.44. The van der Waals surface area contributed by atoms with Crippen molar-refractivity contribution in [2.75, 3.05) is 5.32 Å². The summed E-state index contributed by atoms with van der Waals surface area (Å²) in [5, 5.41) is 8.00. The van der Waals surface area contributed by atoms with Gasteiger partial charge in [0.1, 0.15) is 5.76 Å². The number of rotatable bonds is 6. The number of benzene rings is 1. The van der Waals surface area contributed by atoms with Gasteiger partial charge < -0.3 is 9.73 Å². The van der Waals surface area contributed by atoms with Crippen LogP contribution in [-0.2, 0) is 6.54 Å². The first-order chi connectivity index (χ1) is 14.2. The van der Waals surface area contributed by atoms with Crippen LogP contribution < -0.4 is 5.32 Å².